The first-order chi connectivity index (χ1) is 9.18. The van der Waals surface area contributed by atoms with Gasteiger partial charge >= 0.3 is 0 Å². The molecule has 4 heteroatoms. The van der Waals surface area contributed by atoms with Gasteiger partial charge in [0.15, 0.2) is 0 Å². The zero-order valence-corrected chi connectivity index (χ0v) is 12.5. The third-order valence-electron chi connectivity index (χ3n) is 3.11. The van der Waals surface area contributed by atoms with Gasteiger partial charge in [0, 0.05) is 29.8 Å². The highest BCUT2D eigenvalue weighted by Crippen LogP contribution is 2.27. The fraction of sp³-hybridized carbons (Fsp3) is 0.533. The average molecular weight is 278 g/mol. The molecule has 0 unspecified atom stereocenters. The van der Waals surface area contributed by atoms with Crippen molar-refractivity contribution in [2.24, 2.45) is 0 Å². The first kappa shape index (κ1) is 14.4. The minimum Gasteiger partial charge on any atom is -0.337 e. The van der Waals surface area contributed by atoms with Gasteiger partial charge in [-0.15, -0.1) is 11.8 Å². The fourth-order valence-electron chi connectivity index (χ4n) is 2.22. The molecule has 0 aliphatic carbocycles. The molecule has 1 aromatic carbocycles. The first-order valence-corrected chi connectivity index (χ1v) is 7.82. The van der Waals surface area contributed by atoms with Crippen molar-refractivity contribution in [2.75, 3.05) is 26.2 Å². The zero-order valence-electron chi connectivity index (χ0n) is 11.7. The lowest BCUT2D eigenvalue weighted by Gasteiger charge is -2.21. The monoisotopic (exact) mass is 278 g/mol. The topological polar surface area (TPSA) is 32.3 Å². The molecule has 0 spiro atoms. The standard InChI is InChI=1S/C15H22N2OS/c1-12(2)19-14-7-4-3-6-13(14)15(18)17-10-5-8-16-9-11-17/h3-4,6-7,12,16H,5,8-11H2,1-2H3. The van der Waals surface area contributed by atoms with Crippen LogP contribution in [0.25, 0.3) is 0 Å². The van der Waals surface area contributed by atoms with E-state index in [4.69, 9.17) is 0 Å². The lowest BCUT2D eigenvalue weighted by Crippen LogP contribution is -2.34. The van der Waals surface area contributed by atoms with E-state index in [1.54, 1.807) is 11.8 Å². The lowest BCUT2D eigenvalue weighted by molar-refractivity contribution is 0.0763. The summed E-state index contributed by atoms with van der Waals surface area (Å²) in [7, 11) is 0. The van der Waals surface area contributed by atoms with Crippen LogP contribution in [-0.4, -0.2) is 42.2 Å². The minimum absolute atomic E-state index is 0.174. The van der Waals surface area contributed by atoms with Gasteiger partial charge in [0.25, 0.3) is 5.91 Å². The second-order valence-corrected chi connectivity index (χ2v) is 6.68. The van der Waals surface area contributed by atoms with Crippen molar-refractivity contribution in [3.63, 3.8) is 0 Å². The summed E-state index contributed by atoms with van der Waals surface area (Å²) in [6, 6.07) is 7.96. The van der Waals surface area contributed by atoms with Crippen molar-refractivity contribution in [1.82, 2.24) is 10.2 Å². The molecule has 1 aliphatic heterocycles. The van der Waals surface area contributed by atoms with Crippen LogP contribution < -0.4 is 5.32 Å². The molecular formula is C15H22N2OS. The van der Waals surface area contributed by atoms with E-state index in [0.29, 0.717) is 5.25 Å². The van der Waals surface area contributed by atoms with E-state index in [1.807, 2.05) is 29.2 Å². The summed E-state index contributed by atoms with van der Waals surface area (Å²) in [5.74, 6) is 0.174. The van der Waals surface area contributed by atoms with Crippen LogP contribution >= 0.6 is 11.8 Å². The molecule has 3 nitrogen and oxygen atoms in total. The molecule has 2 rings (SSSR count). The third-order valence-corrected chi connectivity index (χ3v) is 4.19. The van der Waals surface area contributed by atoms with Gasteiger partial charge in [-0.2, -0.15) is 0 Å². The second kappa shape index (κ2) is 6.96. The molecule has 1 heterocycles. The smallest absolute Gasteiger partial charge is 0.255 e. The van der Waals surface area contributed by atoms with Crippen LogP contribution in [0.3, 0.4) is 0 Å². The van der Waals surface area contributed by atoms with Gasteiger partial charge in [-0.25, -0.2) is 0 Å². The first-order valence-electron chi connectivity index (χ1n) is 6.94. The number of thioether (sulfide) groups is 1. The molecule has 1 fully saturated rings. The summed E-state index contributed by atoms with van der Waals surface area (Å²) in [6.45, 7) is 7.87. The maximum atomic E-state index is 12.6. The normalized spacial score (nSPS) is 16.5. The van der Waals surface area contributed by atoms with Gasteiger partial charge in [0.1, 0.15) is 0 Å². The Morgan fingerprint density at radius 1 is 1.26 bits per heavy atom. The number of hydrogen-bond acceptors (Lipinski definition) is 3. The lowest BCUT2D eigenvalue weighted by atomic mass is 10.2. The van der Waals surface area contributed by atoms with Crippen molar-refractivity contribution >= 4 is 17.7 Å². The SMILES string of the molecule is CC(C)Sc1ccccc1C(=O)N1CCCNCC1. The highest BCUT2D eigenvalue weighted by atomic mass is 32.2. The molecule has 0 bridgehead atoms. The Morgan fingerprint density at radius 2 is 2.05 bits per heavy atom. The van der Waals surface area contributed by atoms with Crippen LogP contribution in [0.4, 0.5) is 0 Å². The molecule has 1 aliphatic rings. The largest absolute Gasteiger partial charge is 0.337 e. The van der Waals surface area contributed by atoms with Crippen LogP contribution in [0, 0.1) is 0 Å². The van der Waals surface area contributed by atoms with Crippen LogP contribution in [0.2, 0.25) is 0 Å². The van der Waals surface area contributed by atoms with Gasteiger partial charge in [0.05, 0.1) is 5.56 Å². The summed E-state index contributed by atoms with van der Waals surface area (Å²) in [5.41, 5.74) is 0.850. The fourth-order valence-corrected chi connectivity index (χ4v) is 3.17. The quantitative estimate of drug-likeness (QED) is 0.863. The molecule has 1 saturated heterocycles. The molecule has 104 valence electrons. The van der Waals surface area contributed by atoms with Crippen molar-refractivity contribution in [2.45, 2.75) is 30.4 Å². The number of carbonyl (C=O) groups is 1. The summed E-state index contributed by atoms with van der Waals surface area (Å²) >= 11 is 1.76. The van der Waals surface area contributed by atoms with Crippen LogP contribution in [0.15, 0.2) is 29.2 Å². The number of nitrogens with zero attached hydrogens (tertiary/aromatic N) is 1. The number of carbonyl (C=O) groups excluding carboxylic acids is 1. The number of hydrogen-bond donors (Lipinski definition) is 1. The van der Waals surface area contributed by atoms with E-state index in [1.165, 1.54) is 0 Å². The van der Waals surface area contributed by atoms with Gasteiger partial charge in [0.2, 0.25) is 0 Å². The third kappa shape index (κ3) is 3.98. The molecule has 19 heavy (non-hydrogen) atoms. The van der Waals surface area contributed by atoms with Gasteiger partial charge in [-0.1, -0.05) is 26.0 Å². The predicted molar refractivity (Wildman–Crippen MR) is 80.8 cm³/mol. The molecule has 1 N–H and O–H groups in total. The maximum absolute atomic E-state index is 12.6. The van der Waals surface area contributed by atoms with E-state index < -0.39 is 0 Å². The molecule has 0 saturated carbocycles. The van der Waals surface area contributed by atoms with Crippen LogP contribution in [0.1, 0.15) is 30.6 Å². The van der Waals surface area contributed by atoms with Gasteiger partial charge in [-0.3, -0.25) is 4.79 Å². The highest BCUT2D eigenvalue weighted by molar-refractivity contribution is 8.00. The number of benzene rings is 1. The zero-order chi connectivity index (χ0) is 13.7. The highest BCUT2D eigenvalue weighted by Gasteiger charge is 2.20. The molecule has 0 aromatic heterocycles. The van der Waals surface area contributed by atoms with Crippen LogP contribution in [-0.2, 0) is 0 Å². The molecular weight excluding hydrogens is 256 g/mol. The molecule has 1 amide bonds. The summed E-state index contributed by atoms with van der Waals surface area (Å²) in [4.78, 5) is 15.7. The van der Waals surface area contributed by atoms with E-state index in [-0.39, 0.29) is 5.91 Å². The summed E-state index contributed by atoms with van der Waals surface area (Å²) < 4.78 is 0. The molecule has 0 radical (unpaired) electrons. The van der Waals surface area contributed by atoms with Gasteiger partial charge in [-0.05, 0) is 25.1 Å². The molecule has 0 atom stereocenters. The van der Waals surface area contributed by atoms with E-state index in [0.717, 1.165) is 43.1 Å². The number of rotatable bonds is 3. The number of nitrogens with one attached hydrogen (secondary N) is 1. The Kier molecular flexibility index (Phi) is 5.28. The van der Waals surface area contributed by atoms with Crippen molar-refractivity contribution in [3.05, 3.63) is 29.8 Å². The van der Waals surface area contributed by atoms with Crippen LogP contribution in [0.5, 0.6) is 0 Å². The second-order valence-electron chi connectivity index (χ2n) is 5.06. The van der Waals surface area contributed by atoms with Crippen molar-refractivity contribution in [1.29, 1.82) is 0 Å². The van der Waals surface area contributed by atoms with E-state index in [2.05, 4.69) is 19.2 Å². The molecule has 1 aromatic rings. The Hall–Kier alpha value is -1.00. The average Bonchev–Trinajstić information content (AvgIpc) is 2.67. The van der Waals surface area contributed by atoms with Gasteiger partial charge < -0.3 is 10.2 Å². The van der Waals surface area contributed by atoms with E-state index >= 15 is 0 Å². The maximum Gasteiger partial charge on any atom is 0.255 e. The number of amides is 1. The van der Waals surface area contributed by atoms with Crippen molar-refractivity contribution in [3.8, 4) is 0 Å². The Labute approximate surface area is 119 Å². The van der Waals surface area contributed by atoms with E-state index in [9.17, 15) is 4.79 Å². The Bertz CT molecular complexity index is 426. The Balaban J connectivity index is 2.17. The Morgan fingerprint density at radius 3 is 2.84 bits per heavy atom. The predicted octanol–water partition coefficient (Wildman–Crippen LogP) is 2.62. The minimum atomic E-state index is 0.174. The van der Waals surface area contributed by atoms with Crippen molar-refractivity contribution < 1.29 is 4.79 Å². The summed E-state index contributed by atoms with van der Waals surface area (Å²) in [5, 5.41) is 3.82. The summed E-state index contributed by atoms with van der Waals surface area (Å²) in [6.07, 6.45) is 1.03.